The van der Waals surface area contributed by atoms with Crippen LogP contribution in [0.3, 0.4) is 0 Å². The van der Waals surface area contributed by atoms with Crippen LogP contribution >= 0.6 is 0 Å². The van der Waals surface area contributed by atoms with Crippen molar-refractivity contribution in [1.82, 2.24) is 15.5 Å². The van der Waals surface area contributed by atoms with E-state index >= 15 is 0 Å². The summed E-state index contributed by atoms with van der Waals surface area (Å²) in [5.41, 5.74) is 5.05. The van der Waals surface area contributed by atoms with Crippen molar-refractivity contribution in [3.8, 4) is 0 Å². The predicted molar refractivity (Wildman–Crippen MR) is 52.0 cm³/mol. The van der Waals surface area contributed by atoms with E-state index in [1.165, 1.54) is 0 Å². The Morgan fingerprint density at radius 2 is 2.12 bits per heavy atom. The van der Waals surface area contributed by atoms with Gasteiger partial charge in [0.05, 0.1) is 0 Å². The molecule has 0 aromatic carbocycles. The molecule has 0 spiro atoms. The number of nitrogens with zero attached hydrogens (tertiary/aromatic N) is 1. The standard InChI is InChI=1S/C8H13F3N4O2/c9-8(10,11)4-14-7(17)15-2-1-13-3-5(15)6(12)16/h5,13H,1-4H2,(H2,12,16)(H,14,17). The molecular formula is C8H13F3N4O2. The number of hydrogen-bond donors (Lipinski definition) is 3. The molecule has 0 bridgehead atoms. The maximum absolute atomic E-state index is 11.9. The van der Waals surface area contributed by atoms with E-state index in [1.54, 1.807) is 5.32 Å². The summed E-state index contributed by atoms with van der Waals surface area (Å²) in [6, 6.07) is -1.86. The maximum Gasteiger partial charge on any atom is 0.405 e. The number of halogens is 3. The zero-order chi connectivity index (χ0) is 13.1. The highest BCUT2D eigenvalue weighted by Crippen LogP contribution is 2.13. The van der Waals surface area contributed by atoms with Gasteiger partial charge in [0.25, 0.3) is 0 Å². The average molecular weight is 254 g/mol. The van der Waals surface area contributed by atoms with E-state index in [0.717, 1.165) is 4.90 Å². The van der Waals surface area contributed by atoms with Crippen molar-refractivity contribution in [2.75, 3.05) is 26.2 Å². The number of primary amides is 1. The molecule has 0 radical (unpaired) electrons. The van der Waals surface area contributed by atoms with Gasteiger partial charge in [0.2, 0.25) is 5.91 Å². The van der Waals surface area contributed by atoms with Crippen molar-refractivity contribution in [2.24, 2.45) is 5.73 Å². The zero-order valence-electron chi connectivity index (χ0n) is 8.88. The van der Waals surface area contributed by atoms with Gasteiger partial charge < -0.3 is 21.3 Å². The molecule has 1 rings (SSSR count). The number of piperazine rings is 1. The van der Waals surface area contributed by atoms with Crippen LogP contribution in [0.5, 0.6) is 0 Å². The Balaban J connectivity index is 2.56. The van der Waals surface area contributed by atoms with Gasteiger partial charge >= 0.3 is 12.2 Å². The summed E-state index contributed by atoms with van der Waals surface area (Å²) in [5.74, 6) is -0.751. The topological polar surface area (TPSA) is 87.5 Å². The highest BCUT2D eigenvalue weighted by Gasteiger charge is 2.33. The van der Waals surface area contributed by atoms with Crippen molar-refractivity contribution >= 4 is 11.9 Å². The third-order valence-corrected chi connectivity index (χ3v) is 2.27. The molecule has 0 aliphatic carbocycles. The summed E-state index contributed by atoms with van der Waals surface area (Å²) >= 11 is 0. The molecule has 1 fully saturated rings. The van der Waals surface area contributed by atoms with Crippen molar-refractivity contribution in [3.63, 3.8) is 0 Å². The molecule has 6 nitrogen and oxygen atoms in total. The summed E-state index contributed by atoms with van der Waals surface area (Å²) in [4.78, 5) is 23.5. The first-order chi connectivity index (χ1) is 7.81. The smallest absolute Gasteiger partial charge is 0.368 e. The largest absolute Gasteiger partial charge is 0.405 e. The molecule has 0 aromatic heterocycles. The Hall–Kier alpha value is -1.51. The van der Waals surface area contributed by atoms with Gasteiger partial charge in [-0.25, -0.2) is 4.79 Å². The van der Waals surface area contributed by atoms with Crippen LogP contribution in [-0.4, -0.2) is 55.2 Å². The summed E-state index contributed by atoms with van der Waals surface area (Å²) in [6.07, 6.45) is -4.48. The number of amides is 3. The molecule has 17 heavy (non-hydrogen) atoms. The molecule has 9 heteroatoms. The Morgan fingerprint density at radius 1 is 1.47 bits per heavy atom. The van der Waals surface area contributed by atoms with E-state index in [9.17, 15) is 22.8 Å². The van der Waals surface area contributed by atoms with Crippen LogP contribution in [0.15, 0.2) is 0 Å². The number of carbonyl (C=O) groups excluding carboxylic acids is 2. The zero-order valence-corrected chi connectivity index (χ0v) is 8.88. The molecular weight excluding hydrogens is 241 g/mol. The minimum atomic E-state index is -4.48. The third kappa shape index (κ3) is 4.10. The minimum Gasteiger partial charge on any atom is -0.368 e. The lowest BCUT2D eigenvalue weighted by Gasteiger charge is -2.34. The molecule has 1 atom stereocenters. The van der Waals surface area contributed by atoms with E-state index in [0.29, 0.717) is 6.54 Å². The number of alkyl halides is 3. The molecule has 0 saturated carbocycles. The maximum atomic E-state index is 11.9. The van der Waals surface area contributed by atoms with Gasteiger partial charge in [0.15, 0.2) is 0 Å². The van der Waals surface area contributed by atoms with Gasteiger partial charge in [-0.15, -0.1) is 0 Å². The molecule has 4 N–H and O–H groups in total. The first-order valence-corrected chi connectivity index (χ1v) is 4.92. The van der Waals surface area contributed by atoms with Crippen LogP contribution in [0.2, 0.25) is 0 Å². The van der Waals surface area contributed by atoms with Gasteiger partial charge in [-0.3, -0.25) is 4.79 Å². The molecule has 1 aliphatic rings. The normalized spacial score (nSPS) is 21.1. The number of nitrogens with one attached hydrogen (secondary N) is 2. The van der Waals surface area contributed by atoms with Crippen molar-refractivity contribution in [3.05, 3.63) is 0 Å². The van der Waals surface area contributed by atoms with Gasteiger partial charge in [-0.1, -0.05) is 0 Å². The van der Waals surface area contributed by atoms with Crippen LogP contribution < -0.4 is 16.4 Å². The molecule has 1 heterocycles. The number of rotatable bonds is 2. The van der Waals surface area contributed by atoms with Crippen molar-refractivity contribution < 1.29 is 22.8 Å². The van der Waals surface area contributed by atoms with Gasteiger partial charge in [-0.05, 0) is 0 Å². The second-order valence-corrected chi connectivity index (χ2v) is 3.59. The highest BCUT2D eigenvalue weighted by atomic mass is 19.4. The Morgan fingerprint density at radius 3 is 2.65 bits per heavy atom. The Bertz CT molecular complexity index is 308. The fraction of sp³-hybridized carbons (Fsp3) is 0.750. The first-order valence-electron chi connectivity index (χ1n) is 4.92. The second-order valence-electron chi connectivity index (χ2n) is 3.59. The molecule has 1 saturated heterocycles. The second kappa shape index (κ2) is 5.21. The number of nitrogens with two attached hydrogens (primary N) is 1. The molecule has 98 valence electrons. The Labute approximate surface area is 95.3 Å². The molecule has 3 amide bonds. The van der Waals surface area contributed by atoms with Crippen molar-refractivity contribution in [2.45, 2.75) is 12.2 Å². The first kappa shape index (κ1) is 13.6. The van der Waals surface area contributed by atoms with Crippen LogP contribution in [0, 0.1) is 0 Å². The minimum absolute atomic E-state index is 0.136. The van der Waals surface area contributed by atoms with Crippen LogP contribution in [0.1, 0.15) is 0 Å². The fourth-order valence-corrected chi connectivity index (χ4v) is 1.48. The summed E-state index contributed by atoms with van der Waals surface area (Å²) in [5, 5.41) is 4.53. The number of urea groups is 1. The van der Waals surface area contributed by atoms with E-state index < -0.39 is 30.7 Å². The van der Waals surface area contributed by atoms with Crippen molar-refractivity contribution in [1.29, 1.82) is 0 Å². The van der Waals surface area contributed by atoms with Gasteiger partial charge in [-0.2, -0.15) is 13.2 Å². The lowest BCUT2D eigenvalue weighted by molar-refractivity contribution is -0.124. The van der Waals surface area contributed by atoms with E-state index in [2.05, 4.69) is 5.32 Å². The molecule has 0 aromatic rings. The third-order valence-electron chi connectivity index (χ3n) is 2.27. The average Bonchev–Trinajstić information content (AvgIpc) is 2.25. The lowest BCUT2D eigenvalue weighted by Crippen LogP contribution is -2.61. The van der Waals surface area contributed by atoms with Gasteiger partial charge in [0, 0.05) is 19.6 Å². The molecule has 1 unspecified atom stereocenters. The quantitative estimate of drug-likeness (QED) is 0.591. The predicted octanol–water partition coefficient (Wildman–Crippen LogP) is -0.983. The monoisotopic (exact) mass is 254 g/mol. The molecule has 1 aliphatic heterocycles. The Kier molecular flexibility index (Phi) is 4.16. The number of carbonyl (C=O) groups is 2. The summed E-state index contributed by atoms with van der Waals surface area (Å²) in [7, 11) is 0. The van der Waals surface area contributed by atoms with E-state index in [-0.39, 0.29) is 13.1 Å². The summed E-state index contributed by atoms with van der Waals surface area (Å²) in [6.45, 7) is -0.740. The van der Waals surface area contributed by atoms with E-state index in [4.69, 9.17) is 5.73 Å². The summed E-state index contributed by atoms with van der Waals surface area (Å²) < 4.78 is 35.7. The number of hydrogen-bond acceptors (Lipinski definition) is 3. The highest BCUT2D eigenvalue weighted by molar-refractivity contribution is 5.86. The van der Waals surface area contributed by atoms with Crippen LogP contribution in [-0.2, 0) is 4.79 Å². The van der Waals surface area contributed by atoms with Crippen LogP contribution in [0.4, 0.5) is 18.0 Å². The SMILES string of the molecule is NC(=O)C1CNCCN1C(=O)NCC(F)(F)F. The van der Waals surface area contributed by atoms with Crippen LogP contribution in [0.25, 0.3) is 0 Å². The fourth-order valence-electron chi connectivity index (χ4n) is 1.48. The van der Waals surface area contributed by atoms with E-state index in [1.807, 2.05) is 0 Å². The lowest BCUT2D eigenvalue weighted by atomic mass is 10.2. The van der Waals surface area contributed by atoms with Gasteiger partial charge in [0.1, 0.15) is 12.6 Å².